The SMILES string of the molecule is COCCOCC(=O)N[C@@H](C)c1nc(-c2ccccn2)no1. The second-order valence-electron chi connectivity index (χ2n) is 4.51. The lowest BCUT2D eigenvalue weighted by Gasteiger charge is -2.09. The molecule has 8 heteroatoms. The van der Waals surface area contributed by atoms with Gasteiger partial charge in [0.15, 0.2) is 0 Å². The van der Waals surface area contributed by atoms with Gasteiger partial charge in [0.1, 0.15) is 18.3 Å². The normalized spacial score (nSPS) is 12.1. The largest absolute Gasteiger partial charge is 0.382 e. The predicted molar refractivity (Wildman–Crippen MR) is 76.8 cm³/mol. The molecule has 2 heterocycles. The van der Waals surface area contributed by atoms with Gasteiger partial charge in [-0.05, 0) is 19.1 Å². The number of rotatable bonds is 8. The van der Waals surface area contributed by atoms with E-state index in [4.69, 9.17) is 14.0 Å². The summed E-state index contributed by atoms with van der Waals surface area (Å²) >= 11 is 0. The van der Waals surface area contributed by atoms with Gasteiger partial charge in [0, 0.05) is 13.3 Å². The molecular weight excluding hydrogens is 288 g/mol. The molecule has 0 radical (unpaired) electrons. The lowest BCUT2D eigenvalue weighted by molar-refractivity contribution is -0.126. The van der Waals surface area contributed by atoms with Crippen LogP contribution in [0.5, 0.6) is 0 Å². The van der Waals surface area contributed by atoms with Crippen LogP contribution in [0.25, 0.3) is 11.5 Å². The van der Waals surface area contributed by atoms with Crippen molar-refractivity contribution in [3.05, 3.63) is 30.3 Å². The van der Waals surface area contributed by atoms with E-state index < -0.39 is 6.04 Å². The molecule has 0 aliphatic carbocycles. The summed E-state index contributed by atoms with van der Waals surface area (Å²) < 4.78 is 15.1. The molecule has 0 saturated heterocycles. The van der Waals surface area contributed by atoms with Crippen molar-refractivity contribution in [1.29, 1.82) is 0 Å². The van der Waals surface area contributed by atoms with Gasteiger partial charge in [0.2, 0.25) is 17.6 Å². The molecule has 0 bridgehead atoms. The zero-order valence-corrected chi connectivity index (χ0v) is 12.5. The van der Waals surface area contributed by atoms with Crippen LogP contribution in [0.15, 0.2) is 28.9 Å². The molecule has 0 unspecified atom stereocenters. The fourth-order valence-electron chi connectivity index (χ4n) is 1.66. The molecule has 1 amide bonds. The predicted octanol–water partition coefficient (Wildman–Crippen LogP) is 0.972. The number of ether oxygens (including phenoxy) is 2. The van der Waals surface area contributed by atoms with Crippen molar-refractivity contribution in [1.82, 2.24) is 20.4 Å². The summed E-state index contributed by atoms with van der Waals surface area (Å²) in [5, 5.41) is 6.57. The highest BCUT2D eigenvalue weighted by molar-refractivity contribution is 5.77. The van der Waals surface area contributed by atoms with Gasteiger partial charge in [-0.2, -0.15) is 4.98 Å². The first-order chi connectivity index (χ1) is 10.7. The second kappa shape index (κ2) is 8.20. The van der Waals surface area contributed by atoms with Gasteiger partial charge in [-0.15, -0.1) is 0 Å². The van der Waals surface area contributed by atoms with Crippen molar-refractivity contribution in [3.8, 4) is 11.5 Å². The number of methoxy groups -OCH3 is 1. The first kappa shape index (κ1) is 16.1. The number of nitrogens with zero attached hydrogens (tertiary/aromatic N) is 3. The summed E-state index contributed by atoms with van der Waals surface area (Å²) in [6.45, 7) is 2.51. The van der Waals surface area contributed by atoms with Crippen LogP contribution < -0.4 is 5.32 Å². The van der Waals surface area contributed by atoms with Crippen LogP contribution in [0.1, 0.15) is 18.9 Å². The maximum Gasteiger partial charge on any atom is 0.249 e. The Labute approximate surface area is 127 Å². The fourth-order valence-corrected chi connectivity index (χ4v) is 1.66. The van der Waals surface area contributed by atoms with E-state index in [1.807, 2.05) is 6.07 Å². The quantitative estimate of drug-likeness (QED) is 0.725. The summed E-state index contributed by atoms with van der Waals surface area (Å²) in [4.78, 5) is 20.1. The minimum absolute atomic E-state index is 0.0467. The van der Waals surface area contributed by atoms with Gasteiger partial charge in [0.05, 0.1) is 13.2 Å². The average molecular weight is 306 g/mol. The van der Waals surface area contributed by atoms with Gasteiger partial charge >= 0.3 is 0 Å². The number of pyridine rings is 1. The molecule has 0 aliphatic rings. The third kappa shape index (κ3) is 4.61. The number of aromatic nitrogens is 3. The lowest BCUT2D eigenvalue weighted by Crippen LogP contribution is -2.30. The molecule has 0 fully saturated rings. The molecule has 8 nitrogen and oxygen atoms in total. The van der Waals surface area contributed by atoms with E-state index in [1.165, 1.54) is 0 Å². The van der Waals surface area contributed by atoms with E-state index in [2.05, 4.69) is 20.4 Å². The summed E-state index contributed by atoms with van der Waals surface area (Å²) in [6.07, 6.45) is 1.65. The highest BCUT2D eigenvalue weighted by Crippen LogP contribution is 2.16. The Morgan fingerprint density at radius 1 is 1.41 bits per heavy atom. The maximum atomic E-state index is 11.7. The van der Waals surface area contributed by atoms with Crippen molar-refractivity contribution >= 4 is 5.91 Å². The first-order valence-corrected chi connectivity index (χ1v) is 6.81. The molecule has 118 valence electrons. The third-order valence-corrected chi connectivity index (χ3v) is 2.75. The molecular formula is C14H18N4O4. The summed E-state index contributed by atoms with van der Waals surface area (Å²) in [7, 11) is 1.57. The van der Waals surface area contributed by atoms with E-state index in [0.29, 0.717) is 30.6 Å². The zero-order chi connectivity index (χ0) is 15.8. The number of hydrogen-bond acceptors (Lipinski definition) is 7. The van der Waals surface area contributed by atoms with E-state index in [1.54, 1.807) is 32.4 Å². The minimum atomic E-state index is -0.413. The molecule has 0 aliphatic heterocycles. The fraction of sp³-hybridized carbons (Fsp3) is 0.429. The Morgan fingerprint density at radius 3 is 3.00 bits per heavy atom. The topological polar surface area (TPSA) is 99.4 Å². The number of nitrogens with one attached hydrogen (secondary N) is 1. The van der Waals surface area contributed by atoms with Crippen LogP contribution in [-0.4, -0.2) is 48.0 Å². The van der Waals surface area contributed by atoms with E-state index >= 15 is 0 Å². The van der Waals surface area contributed by atoms with Crippen LogP contribution >= 0.6 is 0 Å². The van der Waals surface area contributed by atoms with E-state index in [9.17, 15) is 4.79 Å². The van der Waals surface area contributed by atoms with Gasteiger partial charge in [-0.1, -0.05) is 11.2 Å². The van der Waals surface area contributed by atoms with Gasteiger partial charge in [-0.3, -0.25) is 9.78 Å². The van der Waals surface area contributed by atoms with Crippen molar-refractivity contribution in [2.75, 3.05) is 26.9 Å². The monoisotopic (exact) mass is 306 g/mol. The van der Waals surface area contributed by atoms with Crippen LogP contribution in [0.2, 0.25) is 0 Å². The third-order valence-electron chi connectivity index (χ3n) is 2.75. The molecule has 2 rings (SSSR count). The van der Waals surface area contributed by atoms with Crippen LogP contribution in [0.3, 0.4) is 0 Å². The Kier molecular flexibility index (Phi) is 5.99. The molecule has 1 atom stereocenters. The molecule has 0 aromatic carbocycles. The standard InChI is InChI=1S/C14H18N4O4/c1-10(16-12(19)9-21-8-7-20-2)14-17-13(18-22-14)11-5-3-4-6-15-11/h3-6,10H,7-9H2,1-2H3,(H,16,19)/t10-/m0/s1. The van der Waals surface area contributed by atoms with Crippen molar-refractivity contribution < 1.29 is 18.8 Å². The first-order valence-electron chi connectivity index (χ1n) is 6.81. The van der Waals surface area contributed by atoms with E-state index in [0.717, 1.165) is 0 Å². The average Bonchev–Trinajstić information content (AvgIpc) is 3.02. The van der Waals surface area contributed by atoms with Gasteiger partial charge in [-0.25, -0.2) is 0 Å². The second-order valence-corrected chi connectivity index (χ2v) is 4.51. The maximum absolute atomic E-state index is 11.7. The van der Waals surface area contributed by atoms with E-state index in [-0.39, 0.29) is 12.5 Å². The number of carbonyl (C=O) groups excluding carboxylic acids is 1. The van der Waals surface area contributed by atoms with Crippen molar-refractivity contribution in [2.24, 2.45) is 0 Å². The number of hydrogen-bond donors (Lipinski definition) is 1. The Bertz CT molecular complexity index is 588. The molecule has 22 heavy (non-hydrogen) atoms. The molecule has 2 aromatic rings. The molecule has 2 aromatic heterocycles. The Morgan fingerprint density at radius 2 is 2.27 bits per heavy atom. The number of amides is 1. The Hall–Kier alpha value is -2.32. The van der Waals surface area contributed by atoms with Crippen LogP contribution in [-0.2, 0) is 14.3 Å². The molecule has 1 N–H and O–H groups in total. The minimum Gasteiger partial charge on any atom is -0.382 e. The lowest BCUT2D eigenvalue weighted by atomic mass is 10.3. The van der Waals surface area contributed by atoms with Gasteiger partial charge < -0.3 is 19.3 Å². The summed E-state index contributed by atoms with van der Waals surface area (Å²) in [5.41, 5.74) is 0.610. The van der Waals surface area contributed by atoms with Crippen molar-refractivity contribution in [3.63, 3.8) is 0 Å². The molecule has 0 saturated carbocycles. The molecule has 0 spiro atoms. The van der Waals surface area contributed by atoms with Gasteiger partial charge in [0.25, 0.3) is 0 Å². The highest BCUT2D eigenvalue weighted by atomic mass is 16.5. The summed E-state index contributed by atoms with van der Waals surface area (Å²) in [6, 6.07) is 5.00. The van der Waals surface area contributed by atoms with Crippen molar-refractivity contribution in [2.45, 2.75) is 13.0 Å². The van der Waals surface area contributed by atoms with Crippen LogP contribution in [0, 0.1) is 0 Å². The van der Waals surface area contributed by atoms with Crippen LogP contribution in [0.4, 0.5) is 0 Å². The number of carbonyl (C=O) groups is 1. The Balaban J connectivity index is 1.86. The zero-order valence-electron chi connectivity index (χ0n) is 12.5. The summed E-state index contributed by atoms with van der Waals surface area (Å²) in [5.74, 6) is 0.431. The smallest absolute Gasteiger partial charge is 0.249 e. The highest BCUT2D eigenvalue weighted by Gasteiger charge is 2.17.